The van der Waals surface area contributed by atoms with Crippen molar-refractivity contribution in [3.05, 3.63) is 112 Å². The smallest absolute Gasteiger partial charge is 0.189 e. The first-order chi connectivity index (χ1) is 22.2. The van der Waals surface area contributed by atoms with E-state index in [1.165, 1.54) is 16.7 Å². The number of nitrogens with zero attached hydrogens (tertiary/aromatic N) is 5. The molecule has 3 aromatic carbocycles. The first-order valence-electron chi connectivity index (χ1n) is 16.0. The number of hydrogen-bond acceptors (Lipinski definition) is 8. The zero-order valence-corrected chi connectivity index (χ0v) is 26.7. The third-order valence-electron chi connectivity index (χ3n) is 9.34. The summed E-state index contributed by atoms with van der Waals surface area (Å²) in [5.74, 6) is 0.979. The molecule has 45 heavy (non-hydrogen) atoms. The van der Waals surface area contributed by atoms with Crippen LogP contribution in [0.2, 0.25) is 0 Å². The molecule has 3 heterocycles. The molecule has 1 spiro atoms. The van der Waals surface area contributed by atoms with Crippen LogP contribution < -0.4 is 9.80 Å². The summed E-state index contributed by atoms with van der Waals surface area (Å²) in [4.78, 5) is 14.7. The molecule has 0 amide bonds. The van der Waals surface area contributed by atoms with Crippen LogP contribution in [0.15, 0.2) is 78.0 Å². The molecule has 0 radical (unpaired) electrons. The lowest BCUT2D eigenvalue weighted by molar-refractivity contribution is -0.0857. The molecule has 7 nitrogen and oxygen atoms in total. The lowest BCUT2D eigenvalue weighted by Gasteiger charge is -2.44. The Morgan fingerprint density at radius 2 is 1.69 bits per heavy atom. The predicted octanol–water partition coefficient (Wildman–Crippen LogP) is 6.81. The molecule has 4 aromatic rings. The van der Waals surface area contributed by atoms with Crippen molar-refractivity contribution < 1.29 is 9.47 Å². The van der Waals surface area contributed by atoms with Gasteiger partial charge in [-0.2, -0.15) is 5.26 Å². The fraction of sp³-hybridized carbons (Fsp3) is 0.378. The van der Waals surface area contributed by atoms with E-state index in [1.54, 1.807) is 11.8 Å². The Morgan fingerprint density at radius 3 is 2.40 bits per heavy atom. The largest absolute Gasteiger partial charge is 0.380 e. The van der Waals surface area contributed by atoms with E-state index in [0.717, 1.165) is 84.4 Å². The van der Waals surface area contributed by atoms with Gasteiger partial charge in [0.25, 0.3) is 0 Å². The Bertz CT molecular complexity index is 1640. The van der Waals surface area contributed by atoms with Crippen LogP contribution in [0.5, 0.6) is 0 Å². The van der Waals surface area contributed by atoms with Gasteiger partial charge in [0.2, 0.25) is 0 Å². The maximum Gasteiger partial charge on any atom is 0.189 e. The Hall–Kier alpha value is -3.90. The van der Waals surface area contributed by atoms with Gasteiger partial charge in [-0.15, -0.1) is 0 Å². The molecule has 1 saturated heterocycles. The van der Waals surface area contributed by atoms with Gasteiger partial charge in [-0.25, -0.2) is 9.97 Å². The topological polar surface area (TPSA) is 74.5 Å². The van der Waals surface area contributed by atoms with Crippen LogP contribution >= 0.6 is 11.8 Å². The molecule has 0 saturated carbocycles. The second-order valence-corrected chi connectivity index (χ2v) is 12.9. The van der Waals surface area contributed by atoms with E-state index in [0.29, 0.717) is 32.7 Å². The van der Waals surface area contributed by atoms with E-state index in [2.05, 4.69) is 76.5 Å². The van der Waals surface area contributed by atoms with E-state index in [4.69, 9.17) is 19.4 Å². The molecule has 230 valence electrons. The number of anilines is 2. The fourth-order valence-corrected chi connectivity index (χ4v) is 7.60. The molecule has 1 atom stereocenters. The van der Waals surface area contributed by atoms with Crippen molar-refractivity contribution in [1.29, 1.82) is 5.26 Å². The minimum Gasteiger partial charge on any atom is -0.380 e. The van der Waals surface area contributed by atoms with Crippen LogP contribution in [0.4, 0.5) is 11.5 Å². The second-order valence-electron chi connectivity index (χ2n) is 12.2. The number of aromatic nitrogens is 2. The van der Waals surface area contributed by atoms with Crippen LogP contribution in [0, 0.1) is 11.3 Å². The number of nitriles is 1. The van der Waals surface area contributed by atoms with E-state index >= 15 is 0 Å². The number of hydrogen-bond donors (Lipinski definition) is 0. The van der Waals surface area contributed by atoms with Gasteiger partial charge in [0, 0.05) is 50.3 Å². The summed E-state index contributed by atoms with van der Waals surface area (Å²) in [7, 11) is 0. The Balaban J connectivity index is 1.31. The summed E-state index contributed by atoms with van der Waals surface area (Å²) < 4.78 is 12.7. The first-order valence-corrected chi connectivity index (χ1v) is 17.2. The number of benzene rings is 3. The van der Waals surface area contributed by atoms with E-state index in [9.17, 15) is 5.26 Å². The molecule has 2 aliphatic heterocycles. The molecule has 7 rings (SSSR count). The van der Waals surface area contributed by atoms with Gasteiger partial charge in [-0.1, -0.05) is 78.5 Å². The Kier molecular flexibility index (Phi) is 8.75. The molecule has 1 aliphatic carbocycles. The van der Waals surface area contributed by atoms with Crippen molar-refractivity contribution >= 4 is 23.3 Å². The minimum atomic E-state index is -0.601. The number of ether oxygens (including phenoxy) is 2. The lowest BCUT2D eigenvalue weighted by atomic mass is 9.72. The third-order valence-corrected chi connectivity index (χ3v) is 9.89. The monoisotopic (exact) mass is 617 g/mol. The van der Waals surface area contributed by atoms with Gasteiger partial charge in [0.05, 0.1) is 30.2 Å². The molecule has 1 unspecified atom stereocenters. The summed E-state index contributed by atoms with van der Waals surface area (Å²) in [6.45, 7) is 5.03. The van der Waals surface area contributed by atoms with Gasteiger partial charge in [-0.05, 0) is 54.7 Å². The van der Waals surface area contributed by atoms with Crippen molar-refractivity contribution in [3.8, 4) is 6.07 Å². The zero-order valence-electron chi connectivity index (χ0n) is 25.9. The van der Waals surface area contributed by atoms with Crippen LogP contribution in [-0.4, -0.2) is 42.5 Å². The molecule has 1 aromatic heterocycles. The van der Waals surface area contributed by atoms with Crippen molar-refractivity contribution in [2.75, 3.05) is 42.4 Å². The maximum atomic E-state index is 10.9. The highest BCUT2D eigenvalue weighted by molar-refractivity contribution is 7.98. The third kappa shape index (κ3) is 6.05. The maximum absolute atomic E-state index is 10.9. The minimum absolute atomic E-state index is 0.433. The molecule has 0 N–H and O–H groups in total. The molecular formula is C37H39N5O2S. The average molecular weight is 618 g/mol. The molecule has 3 aliphatic rings. The predicted molar refractivity (Wildman–Crippen MR) is 178 cm³/mol. The Morgan fingerprint density at radius 1 is 0.933 bits per heavy atom. The molecule has 1 fully saturated rings. The van der Waals surface area contributed by atoms with Gasteiger partial charge in [0.15, 0.2) is 5.16 Å². The van der Waals surface area contributed by atoms with Crippen LogP contribution in [-0.2, 0) is 47.6 Å². The van der Waals surface area contributed by atoms with Gasteiger partial charge < -0.3 is 19.3 Å². The van der Waals surface area contributed by atoms with Crippen molar-refractivity contribution in [2.24, 2.45) is 0 Å². The van der Waals surface area contributed by atoms with E-state index in [-0.39, 0.29) is 0 Å². The fourth-order valence-electron chi connectivity index (χ4n) is 7.22. The van der Waals surface area contributed by atoms with Crippen molar-refractivity contribution in [1.82, 2.24) is 9.97 Å². The highest BCUT2D eigenvalue weighted by Crippen LogP contribution is 2.49. The van der Waals surface area contributed by atoms with Crippen molar-refractivity contribution in [2.45, 2.75) is 62.6 Å². The molecule has 8 heteroatoms. The Labute approximate surface area is 270 Å². The van der Waals surface area contributed by atoms with Gasteiger partial charge >= 0.3 is 0 Å². The van der Waals surface area contributed by atoms with Crippen LogP contribution in [0.25, 0.3) is 0 Å². The normalized spacial score (nSPS) is 19.3. The van der Waals surface area contributed by atoms with Crippen molar-refractivity contribution in [3.63, 3.8) is 0 Å². The summed E-state index contributed by atoms with van der Waals surface area (Å²) in [5.41, 5.74) is 7.90. The average Bonchev–Trinajstić information content (AvgIpc) is 3.38. The first kappa shape index (κ1) is 29.8. The summed E-state index contributed by atoms with van der Waals surface area (Å²) in [6, 6.07) is 28.1. The second kappa shape index (κ2) is 13.2. The standard InChI is InChI=1S/C37H39N5O2S/c1-45-36-39-32-22-37(44-26-31(32)35(40-36)41-18-9-20-43-21-19-41)17-8-14-29-15-16-33(30(23-38)34(29)37)42(24-27-10-4-2-5-11-27)25-28-12-6-3-7-13-28/h2-7,10-13,15-16H,8-9,14,17-22,24-26H2,1H3. The lowest BCUT2D eigenvalue weighted by Crippen LogP contribution is -2.42. The van der Waals surface area contributed by atoms with Gasteiger partial charge in [0.1, 0.15) is 17.5 Å². The zero-order chi connectivity index (χ0) is 30.6. The van der Waals surface area contributed by atoms with E-state index < -0.39 is 5.60 Å². The number of thioether (sulfide) groups is 1. The summed E-state index contributed by atoms with van der Waals surface area (Å²) in [5, 5.41) is 11.7. The van der Waals surface area contributed by atoms with Crippen LogP contribution in [0.3, 0.4) is 0 Å². The summed E-state index contributed by atoms with van der Waals surface area (Å²) in [6.07, 6.45) is 6.47. The number of fused-ring (bicyclic) bond motifs is 3. The number of aryl methyl sites for hydroxylation is 1. The SMILES string of the molecule is CSc1nc2c(c(N3CCCOCC3)n1)COC1(CCCc3ccc(N(Cc4ccccc4)Cc4ccccc4)c(C#N)c31)C2. The quantitative estimate of drug-likeness (QED) is 0.166. The molecule has 0 bridgehead atoms. The number of rotatable bonds is 7. The molecular weight excluding hydrogens is 579 g/mol. The highest BCUT2D eigenvalue weighted by atomic mass is 32.2. The highest BCUT2D eigenvalue weighted by Gasteiger charge is 2.45. The van der Waals surface area contributed by atoms with E-state index in [1.807, 2.05) is 18.4 Å². The summed E-state index contributed by atoms with van der Waals surface area (Å²) >= 11 is 1.58. The van der Waals surface area contributed by atoms with Gasteiger partial charge in [-0.3, -0.25) is 0 Å². The van der Waals surface area contributed by atoms with Crippen LogP contribution in [0.1, 0.15) is 58.3 Å².